The second-order valence-corrected chi connectivity index (χ2v) is 5.72. The summed E-state index contributed by atoms with van der Waals surface area (Å²) in [4.78, 5) is 0. The number of halogens is 2. The highest BCUT2D eigenvalue weighted by Crippen LogP contribution is 2.32. The zero-order chi connectivity index (χ0) is 13.3. The van der Waals surface area contributed by atoms with Gasteiger partial charge in [0.2, 0.25) is 0 Å². The molecule has 0 aromatic heterocycles. The van der Waals surface area contributed by atoms with Crippen molar-refractivity contribution in [3.63, 3.8) is 0 Å². The van der Waals surface area contributed by atoms with Gasteiger partial charge in [0.25, 0.3) is 0 Å². The molecule has 2 aromatic rings. The maximum Gasteiger partial charge on any atom is 0.105 e. The summed E-state index contributed by atoms with van der Waals surface area (Å²) in [6.45, 7) is 4.02. The average molecular weight is 326 g/mol. The third-order valence-corrected chi connectivity index (χ3v) is 3.91. The van der Waals surface area contributed by atoms with Gasteiger partial charge < -0.3 is 5.11 Å². The number of hydrogen-bond acceptors (Lipinski definition) is 1. The molecule has 0 aliphatic heterocycles. The fraction of sp³-hybridized carbons (Fsp3) is 0.200. The van der Waals surface area contributed by atoms with Crippen LogP contribution in [0.3, 0.4) is 0 Å². The summed E-state index contributed by atoms with van der Waals surface area (Å²) in [5, 5.41) is 11.1. The van der Waals surface area contributed by atoms with Crippen LogP contribution >= 0.6 is 27.5 Å². The van der Waals surface area contributed by atoms with E-state index in [2.05, 4.69) is 15.9 Å². The third kappa shape index (κ3) is 2.77. The second-order valence-electron chi connectivity index (χ2n) is 4.43. The Bertz CT molecular complexity index is 581. The first-order valence-corrected chi connectivity index (χ1v) is 6.86. The fourth-order valence-electron chi connectivity index (χ4n) is 1.95. The van der Waals surface area contributed by atoms with Gasteiger partial charge in [-0.2, -0.15) is 0 Å². The Hall–Kier alpha value is -0.830. The van der Waals surface area contributed by atoms with Crippen molar-refractivity contribution in [1.82, 2.24) is 0 Å². The summed E-state index contributed by atoms with van der Waals surface area (Å²) >= 11 is 9.36. The minimum Gasteiger partial charge on any atom is -0.384 e. The maximum absolute atomic E-state index is 10.5. The number of aryl methyl sites for hydroxylation is 2. The van der Waals surface area contributed by atoms with Crippen LogP contribution in [0.15, 0.2) is 40.9 Å². The Morgan fingerprint density at radius 2 is 1.78 bits per heavy atom. The van der Waals surface area contributed by atoms with Crippen LogP contribution < -0.4 is 0 Å². The highest BCUT2D eigenvalue weighted by molar-refractivity contribution is 9.10. The summed E-state index contributed by atoms with van der Waals surface area (Å²) in [7, 11) is 0. The maximum atomic E-state index is 10.5. The van der Waals surface area contributed by atoms with E-state index < -0.39 is 6.10 Å². The van der Waals surface area contributed by atoms with E-state index in [1.165, 1.54) is 0 Å². The molecule has 0 spiro atoms. The van der Waals surface area contributed by atoms with Crippen molar-refractivity contribution in [2.24, 2.45) is 0 Å². The topological polar surface area (TPSA) is 20.2 Å². The molecule has 3 heteroatoms. The van der Waals surface area contributed by atoms with Gasteiger partial charge in [0.1, 0.15) is 6.10 Å². The number of benzene rings is 2. The molecule has 0 radical (unpaired) electrons. The van der Waals surface area contributed by atoms with Crippen LogP contribution in [0.1, 0.15) is 28.4 Å². The van der Waals surface area contributed by atoms with Gasteiger partial charge in [-0.25, -0.2) is 0 Å². The van der Waals surface area contributed by atoms with Crippen LogP contribution in [0.4, 0.5) is 0 Å². The number of rotatable bonds is 2. The molecule has 0 aliphatic carbocycles. The van der Waals surface area contributed by atoms with Gasteiger partial charge in [-0.05, 0) is 42.7 Å². The Labute approximate surface area is 121 Å². The molecule has 0 fully saturated rings. The van der Waals surface area contributed by atoms with Gasteiger partial charge in [0.05, 0.1) is 0 Å². The van der Waals surface area contributed by atoms with E-state index in [1.807, 2.05) is 38.1 Å². The van der Waals surface area contributed by atoms with Crippen LogP contribution in [-0.2, 0) is 0 Å². The standard InChI is InChI=1S/C15H14BrClO/c1-9-3-4-10(2)13(7-9)15(18)12-6-5-11(17)8-14(12)16/h3-8,15,18H,1-2H3. The van der Waals surface area contributed by atoms with E-state index in [4.69, 9.17) is 11.6 Å². The molecule has 2 rings (SSSR count). The van der Waals surface area contributed by atoms with Crippen LogP contribution in [0.25, 0.3) is 0 Å². The Kier molecular flexibility index (Phi) is 4.10. The van der Waals surface area contributed by atoms with Crippen LogP contribution in [0.2, 0.25) is 5.02 Å². The lowest BCUT2D eigenvalue weighted by atomic mass is 9.96. The smallest absolute Gasteiger partial charge is 0.105 e. The Morgan fingerprint density at radius 1 is 1.06 bits per heavy atom. The molecule has 1 unspecified atom stereocenters. The van der Waals surface area contributed by atoms with Crippen molar-refractivity contribution in [3.8, 4) is 0 Å². The quantitative estimate of drug-likeness (QED) is 0.841. The SMILES string of the molecule is Cc1ccc(C)c(C(O)c2ccc(Cl)cc2Br)c1. The molecule has 0 saturated heterocycles. The van der Waals surface area contributed by atoms with Crippen LogP contribution in [0.5, 0.6) is 0 Å². The normalized spacial score (nSPS) is 12.5. The number of aliphatic hydroxyl groups is 1. The fourth-order valence-corrected chi connectivity index (χ4v) is 2.84. The number of aliphatic hydroxyl groups excluding tert-OH is 1. The molecule has 1 atom stereocenters. The van der Waals surface area contributed by atoms with Crippen molar-refractivity contribution in [2.75, 3.05) is 0 Å². The molecule has 0 aliphatic rings. The summed E-state index contributed by atoms with van der Waals surface area (Å²) in [5.74, 6) is 0. The minimum absolute atomic E-state index is 0.642. The zero-order valence-corrected chi connectivity index (χ0v) is 12.6. The monoisotopic (exact) mass is 324 g/mol. The molecule has 0 saturated carbocycles. The van der Waals surface area contributed by atoms with Crippen molar-refractivity contribution in [3.05, 3.63) is 68.1 Å². The minimum atomic E-state index is -0.642. The highest BCUT2D eigenvalue weighted by Gasteiger charge is 2.16. The summed E-state index contributed by atoms with van der Waals surface area (Å²) in [5.41, 5.74) is 3.97. The molecular formula is C15H14BrClO. The van der Waals surface area contributed by atoms with E-state index in [1.54, 1.807) is 12.1 Å². The lowest BCUT2D eigenvalue weighted by Crippen LogP contribution is -2.03. The molecule has 2 aromatic carbocycles. The molecule has 1 nitrogen and oxygen atoms in total. The van der Waals surface area contributed by atoms with Crippen molar-refractivity contribution in [1.29, 1.82) is 0 Å². The van der Waals surface area contributed by atoms with Gasteiger partial charge in [-0.15, -0.1) is 0 Å². The van der Waals surface area contributed by atoms with E-state index in [-0.39, 0.29) is 0 Å². The first kappa shape index (κ1) is 13.6. The predicted octanol–water partition coefficient (Wildman–Crippen LogP) is 4.80. The molecule has 0 bridgehead atoms. The molecule has 18 heavy (non-hydrogen) atoms. The lowest BCUT2D eigenvalue weighted by Gasteiger charge is -2.16. The third-order valence-electron chi connectivity index (χ3n) is 2.99. The van der Waals surface area contributed by atoms with Crippen molar-refractivity contribution < 1.29 is 5.11 Å². The Balaban J connectivity index is 2.47. The van der Waals surface area contributed by atoms with Gasteiger partial charge in [-0.1, -0.05) is 57.4 Å². The van der Waals surface area contributed by atoms with E-state index in [9.17, 15) is 5.11 Å². The molecule has 0 heterocycles. The van der Waals surface area contributed by atoms with Gasteiger partial charge in [0.15, 0.2) is 0 Å². The van der Waals surface area contributed by atoms with Crippen LogP contribution in [-0.4, -0.2) is 5.11 Å². The van der Waals surface area contributed by atoms with Crippen molar-refractivity contribution in [2.45, 2.75) is 20.0 Å². The highest BCUT2D eigenvalue weighted by atomic mass is 79.9. The first-order chi connectivity index (χ1) is 8.49. The van der Waals surface area contributed by atoms with E-state index in [0.29, 0.717) is 5.02 Å². The molecule has 1 N–H and O–H groups in total. The summed E-state index contributed by atoms with van der Waals surface area (Å²) < 4.78 is 0.823. The summed E-state index contributed by atoms with van der Waals surface area (Å²) in [6, 6.07) is 11.5. The van der Waals surface area contributed by atoms with Gasteiger partial charge >= 0.3 is 0 Å². The van der Waals surface area contributed by atoms with E-state index in [0.717, 1.165) is 26.7 Å². The summed E-state index contributed by atoms with van der Waals surface area (Å²) in [6.07, 6.45) is -0.642. The predicted molar refractivity (Wildman–Crippen MR) is 79.1 cm³/mol. The first-order valence-electron chi connectivity index (χ1n) is 5.69. The lowest BCUT2D eigenvalue weighted by molar-refractivity contribution is 0.218. The average Bonchev–Trinajstić information content (AvgIpc) is 2.31. The Morgan fingerprint density at radius 3 is 2.44 bits per heavy atom. The molecular weight excluding hydrogens is 312 g/mol. The zero-order valence-electron chi connectivity index (χ0n) is 10.2. The largest absolute Gasteiger partial charge is 0.384 e. The molecule has 0 amide bonds. The van der Waals surface area contributed by atoms with Gasteiger partial charge in [-0.3, -0.25) is 0 Å². The number of hydrogen-bond donors (Lipinski definition) is 1. The van der Waals surface area contributed by atoms with Gasteiger partial charge in [0, 0.05) is 9.50 Å². The van der Waals surface area contributed by atoms with Crippen LogP contribution in [0, 0.1) is 13.8 Å². The second kappa shape index (κ2) is 5.43. The van der Waals surface area contributed by atoms with Crippen molar-refractivity contribution >= 4 is 27.5 Å². The van der Waals surface area contributed by atoms with E-state index >= 15 is 0 Å². The molecule has 94 valence electrons.